The van der Waals surface area contributed by atoms with Crippen molar-refractivity contribution in [1.82, 2.24) is 0 Å². The molecule has 5 heteroatoms. The van der Waals surface area contributed by atoms with Crippen molar-refractivity contribution in [1.29, 1.82) is 0 Å². The number of rotatable bonds is 9. The lowest BCUT2D eigenvalue weighted by atomic mass is 10.2. The third-order valence-electron chi connectivity index (χ3n) is 2.91. The zero-order chi connectivity index (χ0) is 14.8. The highest BCUT2D eigenvalue weighted by Crippen LogP contribution is 2.22. The van der Waals surface area contributed by atoms with Gasteiger partial charge in [-0.05, 0) is 24.6 Å². The first-order valence-electron chi connectivity index (χ1n) is 7.06. The Labute approximate surface area is 125 Å². The van der Waals surface area contributed by atoms with Gasteiger partial charge in [-0.2, -0.15) is 0 Å². The van der Waals surface area contributed by atoms with Crippen LogP contribution in [0.15, 0.2) is 18.2 Å². The molecule has 0 aliphatic carbocycles. The largest absolute Gasteiger partial charge is 0.397 e. The van der Waals surface area contributed by atoms with E-state index in [9.17, 15) is 4.79 Å². The fourth-order valence-electron chi connectivity index (χ4n) is 1.79. The van der Waals surface area contributed by atoms with Crippen molar-refractivity contribution in [3.8, 4) is 0 Å². The number of hydrogen-bond donors (Lipinski definition) is 2. The standard InChI is InChI=1S/C15H23ClN2O2/c1-2-3-4-5-6-9-20-11-15(19)18-12-7-8-13(16)14(17)10-12/h7-8,10H,2-6,9,11,17H2,1H3,(H,18,19). The Balaban J connectivity index is 2.15. The zero-order valence-electron chi connectivity index (χ0n) is 12.0. The normalized spacial score (nSPS) is 10.5. The summed E-state index contributed by atoms with van der Waals surface area (Å²) in [5.74, 6) is -0.180. The maximum absolute atomic E-state index is 11.6. The van der Waals surface area contributed by atoms with Gasteiger partial charge in [0.15, 0.2) is 0 Å². The van der Waals surface area contributed by atoms with Crippen molar-refractivity contribution in [2.24, 2.45) is 0 Å². The molecular weight excluding hydrogens is 276 g/mol. The predicted molar refractivity (Wildman–Crippen MR) is 84.1 cm³/mol. The van der Waals surface area contributed by atoms with Gasteiger partial charge in [-0.1, -0.05) is 44.2 Å². The molecule has 0 spiro atoms. The summed E-state index contributed by atoms with van der Waals surface area (Å²) in [6.45, 7) is 2.88. The minimum absolute atomic E-state index is 0.0658. The number of carbonyl (C=O) groups excluding carboxylic acids is 1. The molecule has 0 aromatic heterocycles. The van der Waals surface area contributed by atoms with E-state index in [1.165, 1.54) is 19.3 Å². The molecule has 112 valence electrons. The number of carbonyl (C=O) groups is 1. The summed E-state index contributed by atoms with van der Waals surface area (Å²) >= 11 is 5.81. The second-order valence-corrected chi connectivity index (χ2v) is 5.16. The van der Waals surface area contributed by atoms with E-state index in [-0.39, 0.29) is 12.5 Å². The molecule has 0 fully saturated rings. The highest BCUT2D eigenvalue weighted by molar-refractivity contribution is 6.33. The third kappa shape index (κ3) is 6.78. The lowest BCUT2D eigenvalue weighted by molar-refractivity contribution is -0.120. The molecule has 0 bridgehead atoms. The Morgan fingerprint density at radius 1 is 1.30 bits per heavy atom. The van der Waals surface area contributed by atoms with Crippen molar-refractivity contribution < 1.29 is 9.53 Å². The molecule has 3 N–H and O–H groups in total. The average Bonchev–Trinajstić information content (AvgIpc) is 2.42. The first-order chi connectivity index (χ1) is 9.63. The minimum Gasteiger partial charge on any atom is -0.397 e. The molecule has 0 unspecified atom stereocenters. The fourth-order valence-corrected chi connectivity index (χ4v) is 1.91. The summed E-state index contributed by atoms with van der Waals surface area (Å²) in [6.07, 6.45) is 5.88. The van der Waals surface area contributed by atoms with Crippen molar-refractivity contribution in [3.63, 3.8) is 0 Å². The Morgan fingerprint density at radius 3 is 2.75 bits per heavy atom. The molecule has 20 heavy (non-hydrogen) atoms. The third-order valence-corrected chi connectivity index (χ3v) is 3.25. The fraction of sp³-hybridized carbons (Fsp3) is 0.533. The van der Waals surface area contributed by atoms with Crippen LogP contribution in [0.3, 0.4) is 0 Å². The van der Waals surface area contributed by atoms with E-state index in [1.807, 2.05) is 0 Å². The van der Waals surface area contributed by atoms with Gasteiger partial charge in [0.25, 0.3) is 0 Å². The first kappa shape index (κ1) is 16.8. The molecule has 1 rings (SSSR count). The molecule has 0 saturated heterocycles. The molecule has 1 aromatic carbocycles. The van der Waals surface area contributed by atoms with Gasteiger partial charge in [0.05, 0.1) is 10.7 Å². The number of benzene rings is 1. The molecule has 4 nitrogen and oxygen atoms in total. The van der Waals surface area contributed by atoms with Crippen LogP contribution in [0.2, 0.25) is 5.02 Å². The van der Waals surface area contributed by atoms with E-state index < -0.39 is 0 Å². The lowest BCUT2D eigenvalue weighted by Gasteiger charge is -2.07. The second-order valence-electron chi connectivity index (χ2n) is 4.75. The molecule has 1 amide bonds. The Bertz CT molecular complexity index is 424. The quantitative estimate of drug-likeness (QED) is 0.537. The van der Waals surface area contributed by atoms with Crippen LogP contribution >= 0.6 is 11.6 Å². The lowest BCUT2D eigenvalue weighted by Crippen LogP contribution is -2.18. The number of nitrogens with two attached hydrogens (primary N) is 1. The summed E-state index contributed by atoms with van der Waals surface area (Å²) in [5.41, 5.74) is 6.74. The number of anilines is 2. The van der Waals surface area contributed by atoms with E-state index in [0.717, 1.165) is 12.8 Å². The molecule has 0 radical (unpaired) electrons. The number of nitrogen functional groups attached to an aromatic ring is 1. The molecular formula is C15H23ClN2O2. The van der Waals surface area contributed by atoms with Gasteiger partial charge in [-0.25, -0.2) is 0 Å². The second kappa shape index (κ2) is 9.61. The number of amides is 1. The number of halogens is 1. The van der Waals surface area contributed by atoms with E-state index in [1.54, 1.807) is 18.2 Å². The summed E-state index contributed by atoms with van der Waals surface area (Å²) < 4.78 is 5.33. The molecule has 1 aromatic rings. The maximum Gasteiger partial charge on any atom is 0.250 e. The van der Waals surface area contributed by atoms with Crippen LogP contribution in [0.5, 0.6) is 0 Å². The van der Waals surface area contributed by atoms with Gasteiger partial charge in [0.2, 0.25) is 5.91 Å². The van der Waals surface area contributed by atoms with Crippen LogP contribution in [-0.2, 0) is 9.53 Å². The van der Waals surface area contributed by atoms with Crippen LogP contribution in [0.4, 0.5) is 11.4 Å². The summed E-state index contributed by atoms with van der Waals surface area (Å²) in [7, 11) is 0. The van der Waals surface area contributed by atoms with Gasteiger partial charge in [-0.15, -0.1) is 0 Å². The van der Waals surface area contributed by atoms with Gasteiger partial charge in [0, 0.05) is 12.3 Å². The van der Waals surface area contributed by atoms with Crippen LogP contribution in [0, 0.1) is 0 Å². The predicted octanol–water partition coefficient (Wildman–Crippen LogP) is 3.85. The van der Waals surface area contributed by atoms with E-state index in [0.29, 0.717) is 23.0 Å². The molecule has 0 aliphatic heterocycles. The number of ether oxygens (including phenoxy) is 1. The topological polar surface area (TPSA) is 64.3 Å². The van der Waals surface area contributed by atoms with Crippen molar-refractivity contribution in [2.75, 3.05) is 24.3 Å². The van der Waals surface area contributed by atoms with Gasteiger partial charge < -0.3 is 15.8 Å². The summed E-state index contributed by atoms with van der Waals surface area (Å²) in [6, 6.07) is 4.99. The van der Waals surface area contributed by atoms with Gasteiger partial charge in [-0.3, -0.25) is 4.79 Å². The van der Waals surface area contributed by atoms with Crippen LogP contribution in [0.1, 0.15) is 39.0 Å². The molecule has 0 saturated carbocycles. The molecule has 0 aliphatic rings. The minimum atomic E-state index is -0.180. The summed E-state index contributed by atoms with van der Waals surface area (Å²) in [5, 5.41) is 3.20. The Kier molecular flexibility index (Phi) is 8.07. The monoisotopic (exact) mass is 298 g/mol. The Hall–Kier alpha value is -1.26. The zero-order valence-corrected chi connectivity index (χ0v) is 12.7. The van der Waals surface area contributed by atoms with E-state index >= 15 is 0 Å². The SMILES string of the molecule is CCCCCCCOCC(=O)Nc1ccc(Cl)c(N)c1. The number of hydrogen-bond acceptors (Lipinski definition) is 3. The van der Waals surface area contributed by atoms with Crippen LogP contribution in [-0.4, -0.2) is 19.1 Å². The highest BCUT2D eigenvalue weighted by Gasteiger charge is 2.04. The van der Waals surface area contributed by atoms with Gasteiger partial charge >= 0.3 is 0 Å². The average molecular weight is 299 g/mol. The number of unbranched alkanes of at least 4 members (excludes halogenated alkanes) is 4. The van der Waals surface area contributed by atoms with Crippen molar-refractivity contribution in [2.45, 2.75) is 39.0 Å². The summed E-state index contributed by atoms with van der Waals surface area (Å²) in [4.78, 5) is 11.6. The number of nitrogens with one attached hydrogen (secondary N) is 1. The maximum atomic E-state index is 11.6. The highest BCUT2D eigenvalue weighted by atomic mass is 35.5. The van der Waals surface area contributed by atoms with Crippen LogP contribution in [0.25, 0.3) is 0 Å². The van der Waals surface area contributed by atoms with E-state index in [2.05, 4.69) is 12.2 Å². The van der Waals surface area contributed by atoms with Crippen LogP contribution < -0.4 is 11.1 Å². The first-order valence-corrected chi connectivity index (χ1v) is 7.44. The van der Waals surface area contributed by atoms with Crippen molar-refractivity contribution >= 4 is 28.9 Å². The van der Waals surface area contributed by atoms with E-state index in [4.69, 9.17) is 22.1 Å². The van der Waals surface area contributed by atoms with Gasteiger partial charge in [0.1, 0.15) is 6.61 Å². The smallest absolute Gasteiger partial charge is 0.250 e. The molecule has 0 heterocycles. The van der Waals surface area contributed by atoms with Crippen molar-refractivity contribution in [3.05, 3.63) is 23.2 Å². The molecule has 0 atom stereocenters. The Morgan fingerprint density at radius 2 is 2.05 bits per heavy atom.